The van der Waals surface area contributed by atoms with Gasteiger partial charge in [-0.15, -0.1) is 0 Å². The van der Waals surface area contributed by atoms with Crippen LogP contribution in [-0.4, -0.2) is 19.6 Å². The van der Waals surface area contributed by atoms with Crippen LogP contribution in [0.1, 0.15) is 41.1 Å². The van der Waals surface area contributed by atoms with Crippen LogP contribution in [0.2, 0.25) is 5.02 Å². The van der Waals surface area contributed by atoms with E-state index < -0.39 is 0 Å². The summed E-state index contributed by atoms with van der Waals surface area (Å²) in [7, 11) is 0. The number of fused-ring (bicyclic) bond motifs is 1. The smallest absolute Gasteiger partial charge is 0.265 e. The quantitative estimate of drug-likeness (QED) is 0.492. The second-order valence-corrected chi connectivity index (χ2v) is 8.28. The van der Waals surface area contributed by atoms with Crippen LogP contribution >= 0.6 is 11.6 Å². The summed E-state index contributed by atoms with van der Waals surface area (Å²) in [4.78, 5) is 13.4. The minimum absolute atomic E-state index is 0.139. The number of nitrogens with zero attached hydrogens (tertiary/aromatic N) is 4. The van der Waals surface area contributed by atoms with Crippen molar-refractivity contribution in [2.45, 2.75) is 39.2 Å². The lowest BCUT2D eigenvalue weighted by Gasteiger charge is -2.11. The highest BCUT2D eigenvalue weighted by molar-refractivity contribution is 6.30. The van der Waals surface area contributed by atoms with E-state index in [1.165, 1.54) is 11.1 Å². The zero-order valence-corrected chi connectivity index (χ0v) is 17.1. The summed E-state index contributed by atoms with van der Waals surface area (Å²) in [6.45, 7) is 4.53. The van der Waals surface area contributed by atoms with Gasteiger partial charge in [0.05, 0.1) is 24.1 Å². The topological polar surface area (TPSA) is 52.7 Å². The van der Waals surface area contributed by atoms with Gasteiger partial charge in [0.25, 0.3) is 5.56 Å². The van der Waals surface area contributed by atoms with E-state index in [-0.39, 0.29) is 5.56 Å². The maximum atomic E-state index is 13.4. The molecule has 146 valence electrons. The van der Waals surface area contributed by atoms with Gasteiger partial charge < -0.3 is 0 Å². The Morgan fingerprint density at radius 2 is 1.93 bits per heavy atom. The molecule has 2 heterocycles. The molecule has 0 radical (unpaired) electrons. The van der Waals surface area contributed by atoms with Gasteiger partial charge in [0.15, 0.2) is 0 Å². The summed E-state index contributed by atoms with van der Waals surface area (Å²) in [5, 5.41) is 10.8. The molecule has 1 aliphatic carbocycles. The summed E-state index contributed by atoms with van der Waals surface area (Å²) in [5.41, 5.74) is 5.64. The van der Waals surface area contributed by atoms with Crippen molar-refractivity contribution in [2.24, 2.45) is 0 Å². The van der Waals surface area contributed by atoms with Gasteiger partial charge in [-0.1, -0.05) is 29.8 Å². The van der Waals surface area contributed by atoms with Crippen LogP contribution in [0.4, 0.5) is 0 Å². The van der Waals surface area contributed by atoms with Crippen molar-refractivity contribution >= 4 is 22.5 Å². The largest absolute Gasteiger partial charge is 0.293 e. The lowest BCUT2D eigenvalue weighted by Crippen LogP contribution is -2.26. The molecule has 0 atom stereocenters. The Balaban J connectivity index is 1.71. The maximum Gasteiger partial charge on any atom is 0.293 e. The van der Waals surface area contributed by atoms with Crippen molar-refractivity contribution in [2.75, 3.05) is 0 Å². The van der Waals surface area contributed by atoms with E-state index in [9.17, 15) is 4.79 Å². The number of aromatic nitrogens is 4. The molecule has 0 amide bonds. The van der Waals surface area contributed by atoms with Gasteiger partial charge in [-0.3, -0.25) is 4.79 Å². The van der Waals surface area contributed by atoms with Crippen LogP contribution in [0, 0.1) is 13.8 Å². The summed E-state index contributed by atoms with van der Waals surface area (Å²) >= 11 is 6.13. The highest BCUT2D eigenvalue weighted by Crippen LogP contribution is 2.41. The van der Waals surface area contributed by atoms with Crippen LogP contribution in [0.25, 0.3) is 16.6 Å². The summed E-state index contributed by atoms with van der Waals surface area (Å²) < 4.78 is 3.31. The molecule has 1 aliphatic rings. The molecule has 0 spiro atoms. The zero-order valence-electron chi connectivity index (χ0n) is 16.4. The van der Waals surface area contributed by atoms with Crippen molar-refractivity contribution in [3.63, 3.8) is 0 Å². The molecule has 5 rings (SSSR count). The van der Waals surface area contributed by atoms with E-state index in [2.05, 4.69) is 31.1 Å². The predicted molar refractivity (Wildman–Crippen MR) is 115 cm³/mol. The Kier molecular flexibility index (Phi) is 4.28. The predicted octanol–water partition coefficient (Wildman–Crippen LogP) is 4.78. The van der Waals surface area contributed by atoms with Crippen LogP contribution < -0.4 is 5.56 Å². The van der Waals surface area contributed by atoms with E-state index in [1.807, 2.05) is 30.3 Å². The van der Waals surface area contributed by atoms with Gasteiger partial charge in [-0.2, -0.15) is 10.2 Å². The van der Waals surface area contributed by atoms with Crippen LogP contribution in [0.5, 0.6) is 0 Å². The third-order valence-corrected chi connectivity index (χ3v) is 5.87. The first-order chi connectivity index (χ1) is 14.0. The Hall–Kier alpha value is -2.92. The molecule has 29 heavy (non-hydrogen) atoms. The fourth-order valence-electron chi connectivity index (χ4n) is 3.72. The van der Waals surface area contributed by atoms with E-state index in [4.69, 9.17) is 16.7 Å². The standard InChI is InChI=1S/C23H21ClN4O/c1-14-6-9-19(10-15(14)2)28-22-20(12-25-28)21(17-7-8-17)26-27(23(22)29)13-16-4-3-5-18(24)11-16/h3-6,9-12,17H,7-8,13H2,1-2H3. The second kappa shape index (κ2) is 6.85. The first-order valence-corrected chi connectivity index (χ1v) is 10.2. The molecular formula is C23H21ClN4O. The minimum atomic E-state index is -0.139. The van der Waals surface area contributed by atoms with E-state index in [1.54, 1.807) is 15.6 Å². The van der Waals surface area contributed by atoms with Crippen LogP contribution in [0.15, 0.2) is 53.5 Å². The SMILES string of the molecule is Cc1ccc(-n2ncc3c(C4CC4)nn(Cc4cccc(Cl)c4)c(=O)c32)cc1C. The Bertz CT molecular complexity index is 1300. The molecule has 4 aromatic rings. The van der Waals surface area contributed by atoms with Crippen molar-refractivity contribution in [1.29, 1.82) is 0 Å². The molecule has 5 nitrogen and oxygen atoms in total. The lowest BCUT2D eigenvalue weighted by molar-refractivity contribution is 0.626. The highest BCUT2D eigenvalue weighted by atomic mass is 35.5. The minimum Gasteiger partial charge on any atom is -0.265 e. The Morgan fingerprint density at radius 3 is 2.66 bits per heavy atom. The molecule has 6 heteroatoms. The highest BCUT2D eigenvalue weighted by Gasteiger charge is 2.30. The Morgan fingerprint density at radius 1 is 1.10 bits per heavy atom. The summed E-state index contributed by atoms with van der Waals surface area (Å²) in [6.07, 6.45) is 3.99. The van der Waals surface area contributed by atoms with Gasteiger partial charge in [-0.25, -0.2) is 9.36 Å². The van der Waals surface area contributed by atoms with E-state index in [0.717, 1.165) is 35.2 Å². The molecule has 2 aromatic carbocycles. The number of aryl methyl sites for hydroxylation is 2. The third kappa shape index (κ3) is 3.25. The van der Waals surface area contributed by atoms with Gasteiger partial charge >= 0.3 is 0 Å². The Labute approximate surface area is 173 Å². The van der Waals surface area contributed by atoms with Crippen molar-refractivity contribution in [3.8, 4) is 5.69 Å². The molecule has 2 aromatic heterocycles. The van der Waals surface area contributed by atoms with Crippen molar-refractivity contribution in [3.05, 3.63) is 86.4 Å². The second-order valence-electron chi connectivity index (χ2n) is 7.84. The van der Waals surface area contributed by atoms with E-state index in [0.29, 0.717) is 23.0 Å². The van der Waals surface area contributed by atoms with Crippen molar-refractivity contribution < 1.29 is 0 Å². The first-order valence-electron chi connectivity index (χ1n) is 9.82. The third-order valence-electron chi connectivity index (χ3n) is 5.63. The summed E-state index contributed by atoms with van der Waals surface area (Å²) in [5.74, 6) is 0.404. The van der Waals surface area contributed by atoms with E-state index >= 15 is 0 Å². The zero-order chi connectivity index (χ0) is 20.1. The number of benzene rings is 2. The number of hydrogen-bond acceptors (Lipinski definition) is 3. The van der Waals surface area contributed by atoms with Gasteiger partial charge in [0, 0.05) is 16.3 Å². The fraction of sp³-hybridized carbons (Fsp3) is 0.261. The maximum absolute atomic E-state index is 13.4. The summed E-state index contributed by atoms with van der Waals surface area (Å²) in [6, 6.07) is 13.7. The van der Waals surface area contributed by atoms with Crippen molar-refractivity contribution in [1.82, 2.24) is 19.6 Å². The average Bonchev–Trinajstić information content (AvgIpc) is 3.44. The molecule has 1 fully saturated rings. The van der Waals surface area contributed by atoms with Crippen LogP contribution in [0.3, 0.4) is 0 Å². The molecule has 0 unspecified atom stereocenters. The lowest BCUT2D eigenvalue weighted by atomic mass is 10.1. The van der Waals surface area contributed by atoms with Crippen LogP contribution in [-0.2, 0) is 6.54 Å². The number of halogens is 1. The monoisotopic (exact) mass is 404 g/mol. The molecule has 0 saturated heterocycles. The first kappa shape index (κ1) is 18.1. The molecule has 1 saturated carbocycles. The van der Waals surface area contributed by atoms with Gasteiger partial charge in [-0.05, 0) is 67.6 Å². The van der Waals surface area contributed by atoms with Gasteiger partial charge in [0.1, 0.15) is 5.52 Å². The average molecular weight is 405 g/mol. The molecule has 0 aliphatic heterocycles. The molecular weight excluding hydrogens is 384 g/mol. The molecule has 0 N–H and O–H groups in total. The number of rotatable bonds is 4. The number of hydrogen-bond donors (Lipinski definition) is 0. The normalized spacial score (nSPS) is 13.9. The van der Waals surface area contributed by atoms with Gasteiger partial charge in [0.2, 0.25) is 0 Å². The fourth-order valence-corrected chi connectivity index (χ4v) is 3.93. The molecule has 0 bridgehead atoms.